The molecule has 0 heterocycles. The predicted octanol–water partition coefficient (Wildman–Crippen LogP) is 8.06. The molecule has 2 aromatic rings. The molecule has 2 aromatic carbocycles. The van der Waals surface area contributed by atoms with Crippen LogP contribution in [-0.2, 0) is 0 Å². The van der Waals surface area contributed by atoms with Gasteiger partial charge in [0.05, 0.1) is 6.61 Å². The van der Waals surface area contributed by atoms with Gasteiger partial charge in [0.1, 0.15) is 10.6 Å². The van der Waals surface area contributed by atoms with Crippen LogP contribution in [-0.4, -0.2) is 6.61 Å². The van der Waals surface area contributed by atoms with E-state index in [1.807, 2.05) is 30.3 Å². The zero-order valence-corrected chi connectivity index (χ0v) is 17.6. The van der Waals surface area contributed by atoms with Gasteiger partial charge >= 0.3 is 0 Å². The van der Waals surface area contributed by atoms with Gasteiger partial charge in [-0.3, -0.25) is 0 Å². The van der Waals surface area contributed by atoms with Gasteiger partial charge in [0.2, 0.25) is 0 Å². The van der Waals surface area contributed by atoms with Crippen LogP contribution < -0.4 is 4.74 Å². The predicted molar refractivity (Wildman–Crippen MR) is 114 cm³/mol. The van der Waals surface area contributed by atoms with E-state index >= 15 is 0 Å². The van der Waals surface area contributed by atoms with Gasteiger partial charge in [-0.2, -0.15) is 0 Å². The molecule has 0 aliphatic heterocycles. The Labute approximate surface area is 168 Å². The zero-order chi connectivity index (χ0) is 18.9. The van der Waals surface area contributed by atoms with Crippen molar-refractivity contribution in [3.63, 3.8) is 0 Å². The van der Waals surface area contributed by atoms with Crippen molar-refractivity contribution in [2.45, 2.75) is 51.3 Å². The van der Waals surface area contributed by atoms with E-state index < -0.39 is 4.84 Å². The second-order valence-electron chi connectivity index (χ2n) is 7.49. The molecule has 26 heavy (non-hydrogen) atoms. The third kappa shape index (κ3) is 6.85. The molecule has 0 aromatic heterocycles. The monoisotopic (exact) mass is 392 g/mol. The number of ether oxygens (including phenoxy) is 1. The fraction of sp³-hybridized carbons (Fsp3) is 0.478. The van der Waals surface area contributed by atoms with Crippen molar-refractivity contribution in [3.8, 4) is 16.9 Å². The van der Waals surface area contributed by atoms with Crippen LogP contribution in [0, 0.1) is 11.8 Å². The van der Waals surface area contributed by atoms with Crippen LogP contribution in [0.25, 0.3) is 11.1 Å². The summed E-state index contributed by atoms with van der Waals surface area (Å²) in [5, 5.41) is 0. The summed E-state index contributed by atoms with van der Waals surface area (Å²) in [5.41, 5.74) is 3.08. The van der Waals surface area contributed by atoms with Gasteiger partial charge in [-0.1, -0.05) is 99.6 Å². The quantitative estimate of drug-likeness (QED) is 0.371. The van der Waals surface area contributed by atoms with Crippen molar-refractivity contribution in [1.29, 1.82) is 0 Å². The molecule has 0 saturated heterocycles. The molecule has 0 bridgehead atoms. The van der Waals surface area contributed by atoms with Crippen molar-refractivity contribution < 1.29 is 4.74 Å². The van der Waals surface area contributed by atoms with Gasteiger partial charge in [-0.05, 0) is 41.5 Å². The smallest absolute Gasteiger partial charge is 0.136 e. The van der Waals surface area contributed by atoms with E-state index in [9.17, 15) is 0 Å². The Bertz CT molecular complexity index is 653. The molecule has 0 aliphatic rings. The third-order valence-corrected chi connectivity index (χ3v) is 5.17. The molecule has 0 saturated carbocycles. The molecule has 1 nitrogen and oxygen atoms in total. The minimum atomic E-state index is -0.600. The van der Waals surface area contributed by atoms with Crippen molar-refractivity contribution in [3.05, 3.63) is 54.1 Å². The van der Waals surface area contributed by atoms with Gasteiger partial charge in [-0.25, -0.2) is 0 Å². The number of alkyl halides is 2. The fourth-order valence-corrected chi connectivity index (χ4v) is 3.39. The maximum Gasteiger partial charge on any atom is 0.136 e. The van der Waals surface area contributed by atoms with Crippen LogP contribution in [0.4, 0.5) is 0 Å². The highest BCUT2D eigenvalue weighted by Crippen LogP contribution is 2.36. The van der Waals surface area contributed by atoms with Gasteiger partial charge in [0.15, 0.2) is 0 Å². The van der Waals surface area contributed by atoms with Crippen LogP contribution in [0.1, 0.15) is 56.9 Å². The molecule has 0 spiro atoms. The molecule has 142 valence electrons. The Balaban J connectivity index is 1.94. The summed E-state index contributed by atoms with van der Waals surface area (Å²) in [5.74, 6) is 2.24. The van der Waals surface area contributed by atoms with Crippen LogP contribution >= 0.6 is 23.2 Å². The molecule has 0 amide bonds. The lowest BCUT2D eigenvalue weighted by molar-refractivity contribution is 0.274. The van der Waals surface area contributed by atoms with Crippen molar-refractivity contribution >= 4 is 23.2 Å². The molecule has 1 atom stereocenters. The van der Waals surface area contributed by atoms with E-state index in [2.05, 4.69) is 39.0 Å². The van der Waals surface area contributed by atoms with E-state index in [1.165, 1.54) is 19.3 Å². The largest absolute Gasteiger partial charge is 0.493 e. The van der Waals surface area contributed by atoms with Gasteiger partial charge < -0.3 is 4.74 Å². The third-order valence-electron chi connectivity index (χ3n) is 4.70. The summed E-state index contributed by atoms with van der Waals surface area (Å²) in [6, 6.07) is 16.3. The minimum Gasteiger partial charge on any atom is -0.493 e. The van der Waals surface area contributed by atoms with Crippen LogP contribution in [0.15, 0.2) is 48.5 Å². The second-order valence-corrected chi connectivity index (χ2v) is 8.58. The summed E-state index contributed by atoms with van der Waals surface area (Å²) in [6.07, 6.45) is 4.90. The van der Waals surface area contributed by atoms with E-state index in [-0.39, 0.29) is 0 Å². The minimum absolute atomic E-state index is 0.600. The lowest BCUT2D eigenvalue weighted by atomic mass is 9.97. The average Bonchev–Trinajstić information content (AvgIpc) is 2.62. The van der Waals surface area contributed by atoms with Gasteiger partial charge in [-0.15, -0.1) is 0 Å². The second kappa shape index (κ2) is 10.8. The molecule has 1 unspecified atom stereocenters. The first kappa shape index (κ1) is 21.1. The van der Waals surface area contributed by atoms with Gasteiger partial charge in [0, 0.05) is 5.56 Å². The van der Waals surface area contributed by atoms with Crippen LogP contribution in [0.5, 0.6) is 5.75 Å². The van der Waals surface area contributed by atoms with Crippen molar-refractivity contribution in [2.75, 3.05) is 6.61 Å². The Hall–Kier alpha value is -1.18. The summed E-state index contributed by atoms with van der Waals surface area (Å²) in [4.78, 5) is -0.600. The Morgan fingerprint density at radius 2 is 1.58 bits per heavy atom. The first-order valence-electron chi connectivity index (χ1n) is 9.57. The highest BCUT2D eigenvalue weighted by molar-refractivity contribution is 6.44. The van der Waals surface area contributed by atoms with E-state index in [4.69, 9.17) is 27.9 Å². The maximum absolute atomic E-state index is 6.19. The molecular formula is C23H30Cl2O. The standard InChI is InChI=1S/C23H30Cl2O/c1-17(2)8-7-9-18(3)14-15-26-22-13-12-20(16-21(22)23(24)25)19-10-5-4-6-11-19/h4-6,10-13,16-18,23H,7-9,14-15H2,1-3H3. The molecule has 3 heteroatoms. The highest BCUT2D eigenvalue weighted by Gasteiger charge is 2.13. The van der Waals surface area contributed by atoms with E-state index in [0.29, 0.717) is 12.5 Å². The first-order valence-corrected chi connectivity index (χ1v) is 10.4. The lowest BCUT2D eigenvalue weighted by Gasteiger charge is -2.16. The number of hydrogen-bond acceptors (Lipinski definition) is 1. The Morgan fingerprint density at radius 1 is 0.846 bits per heavy atom. The number of benzene rings is 2. The number of rotatable bonds is 10. The summed E-state index contributed by atoms with van der Waals surface area (Å²) < 4.78 is 6.02. The maximum atomic E-state index is 6.19. The van der Waals surface area contributed by atoms with E-state index in [0.717, 1.165) is 34.8 Å². The zero-order valence-electron chi connectivity index (χ0n) is 16.1. The summed E-state index contributed by atoms with van der Waals surface area (Å²) in [7, 11) is 0. The molecule has 2 rings (SSSR count). The number of hydrogen-bond donors (Lipinski definition) is 0. The molecular weight excluding hydrogens is 363 g/mol. The topological polar surface area (TPSA) is 9.23 Å². The summed E-state index contributed by atoms with van der Waals surface area (Å²) in [6.45, 7) is 7.56. The molecule has 0 radical (unpaired) electrons. The average molecular weight is 393 g/mol. The lowest BCUT2D eigenvalue weighted by Crippen LogP contribution is -2.06. The van der Waals surface area contributed by atoms with Crippen LogP contribution in [0.3, 0.4) is 0 Å². The van der Waals surface area contributed by atoms with E-state index in [1.54, 1.807) is 0 Å². The fourth-order valence-electron chi connectivity index (χ4n) is 3.05. The Morgan fingerprint density at radius 3 is 2.23 bits per heavy atom. The first-order chi connectivity index (χ1) is 12.5. The number of halogens is 2. The normalized spacial score (nSPS) is 12.6. The van der Waals surface area contributed by atoms with Crippen molar-refractivity contribution in [1.82, 2.24) is 0 Å². The highest BCUT2D eigenvalue weighted by atomic mass is 35.5. The van der Waals surface area contributed by atoms with Gasteiger partial charge in [0.25, 0.3) is 0 Å². The molecule has 0 N–H and O–H groups in total. The molecule has 0 fully saturated rings. The summed E-state index contributed by atoms with van der Waals surface area (Å²) >= 11 is 12.4. The van der Waals surface area contributed by atoms with Crippen molar-refractivity contribution in [2.24, 2.45) is 11.8 Å². The Kier molecular flexibility index (Phi) is 8.81. The van der Waals surface area contributed by atoms with Crippen LogP contribution in [0.2, 0.25) is 0 Å². The SMILES string of the molecule is CC(C)CCCC(C)CCOc1ccc(-c2ccccc2)cc1C(Cl)Cl. The molecule has 0 aliphatic carbocycles.